The first-order valence-electron chi connectivity index (χ1n) is 10.3. The molecule has 1 saturated carbocycles. The summed E-state index contributed by atoms with van der Waals surface area (Å²) in [6.07, 6.45) is 5.11. The van der Waals surface area contributed by atoms with E-state index in [1.165, 1.54) is 17.0 Å². The highest BCUT2D eigenvalue weighted by molar-refractivity contribution is 14.0. The standard InChI is InChI=1S/C21H25N5O4.HI/c1-2-22-21(24-12-13-3-7-16(8-4-13)26(29)30)23-9-10-25-19(27)17-14-5-6-15(11-14)18(17)20(25)28;/h3-8,14-15,17-18H,2,9-12H2,1H3,(H2,22,23,24);1H. The fourth-order valence-electron chi connectivity index (χ4n) is 4.71. The van der Waals surface area contributed by atoms with Crippen LogP contribution in [0.1, 0.15) is 18.9 Å². The Balaban J connectivity index is 0.00000272. The van der Waals surface area contributed by atoms with Crippen molar-refractivity contribution < 1.29 is 14.5 Å². The number of non-ortho nitro benzene ring substituents is 1. The molecule has 4 rings (SSSR count). The maximum Gasteiger partial charge on any atom is 0.269 e. The molecule has 31 heavy (non-hydrogen) atoms. The quantitative estimate of drug-likeness (QED) is 0.104. The van der Waals surface area contributed by atoms with E-state index >= 15 is 0 Å². The second kappa shape index (κ2) is 9.75. The lowest BCUT2D eigenvalue weighted by Crippen LogP contribution is -2.43. The Morgan fingerprint density at radius 1 is 1.13 bits per heavy atom. The second-order valence-electron chi connectivity index (χ2n) is 7.87. The van der Waals surface area contributed by atoms with Crippen LogP contribution in [0.25, 0.3) is 0 Å². The number of carbonyl (C=O) groups is 2. The lowest BCUT2D eigenvalue weighted by atomic mass is 9.85. The summed E-state index contributed by atoms with van der Waals surface area (Å²) >= 11 is 0. The average molecular weight is 539 g/mol. The number of rotatable bonds is 7. The van der Waals surface area contributed by atoms with Crippen LogP contribution < -0.4 is 10.6 Å². The number of nitro groups is 1. The number of amides is 2. The number of carbonyl (C=O) groups excluding carboxylic acids is 2. The number of halogens is 1. The Bertz CT molecular complexity index is 887. The summed E-state index contributed by atoms with van der Waals surface area (Å²) in [6.45, 7) is 3.68. The van der Waals surface area contributed by atoms with Crippen LogP contribution in [-0.4, -0.2) is 47.2 Å². The molecule has 1 saturated heterocycles. The molecule has 1 aromatic rings. The third-order valence-electron chi connectivity index (χ3n) is 6.10. The highest BCUT2D eigenvalue weighted by atomic mass is 127. The van der Waals surface area contributed by atoms with Crippen LogP contribution in [0.5, 0.6) is 0 Å². The minimum Gasteiger partial charge on any atom is -0.357 e. The third kappa shape index (κ3) is 4.58. The van der Waals surface area contributed by atoms with Crippen molar-refractivity contribution in [2.24, 2.45) is 28.7 Å². The molecule has 4 unspecified atom stereocenters. The number of fused-ring (bicyclic) bond motifs is 5. The number of guanidine groups is 1. The van der Waals surface area contributed by atoms with Crippen molar-refractivity contribution in [2.45, 2.75) is 19.9 Å². The van der Waals surface area contributed by atoms with E-state index < -0.39 is 4.92 Å². The van der Waals surface area contributed by atoms with Gasteiger partial charge < -0.3 is 10.6 Å². The van der Waals surface area contributed by atoms with E-state index in [1.54, 1.807) is 12.1 Å². The van der Waals surface area contributed by atoms with Crippen LogP contribution in [0, 0.1) is 33.8 Å². The number of allylic oxidation sites excluding steroid dienone is 2. The third-order valence-corrected chi connectivity index (χ3v) is 6.10. The van der Waals surface area contributed by atoms with Crippen LogP contribution in [0.3, 0.4) is 0 Å². The fraction of sp³-hybridized carbons (Fsp3) is 0.476. The number of hydrogen-bond acceptors (Lipinski definition) is 5. The van der Waals surface area contributed by atoms with Gasteiger partial charge in [-0.1, -0.05) is 24.3 Å². The van der Waals surface area contributed by atoms with Crippen molar-refractivity contribution in [3.63, 3.8) is 0 Å². The predicted molar refractivity (Wildman–Crippen MR) is 126 cm³/mol. The molecule has 4 atom stereocenters. The Kier molecular flexibility index (Phi) is 7.29. The molecular weight excluding hydrogens is 513 g/mol. The molecule has 2 bridgehead atoms. The SMILES string of the molecule is CCNC(=NCc1ccc([N+](=O)[O-])cc1)NCCN1C(=O)C2C3C=CC(C3)C2C1=O.I. The predicted octanol–water partition coefficient (Wildman–Crippen LogP) is 2.08. The highest BCUT2D eigenvalue weighted by Crippen LogP contribution is 2.52. The number of nitrogens with zero attached hydrogens (tertiary/aromatic N) is 3. The van der Waals surface area contributed by atoms with Crippen molar-refractivity contribution >= 4 is 47.4 Å². The van der Waals surface area contributed by atoms with E-state index in [4.69, 9.17) is 0 Å². The lowest BCUT2D eigenvalue weighted by molar-refractivity contribution is -0.384. The van der Waals surface area contributed by atoms with Gasteiger partial charge >= 0.3 is 0 Å². The first-order valence-corrected chi connectivity index (χ1v) is 10.3. The van der Waals surface area contributed by atoms with Crippen LogP contribution in [0.15, 0.2) is 41.4 Å². The summed E-state index contributed by atoms with van der Waals surface area (Å²) < 4.78 is 0. The molecule has 166 valence electrons. The van der Waals surface area contributed by atoms with Crippen molar-refractivity contribution in [1.82, 2.24) is 15.5 Å². The molecule has 10 heteroatoms. The van der Waals surface area contributed by atoms with Gasteiger partial charge in [0.1, 0.15) is 0 Å². The zero-order valence-electron chi connectivity index (χ0n) is 17.2. The normalized spacial score (nSPS) is 26.1. The van der Waals surface area contributed by atoms with Crippen molar-refractivity contribution in [3.8, 4) is 0 Å². The number of nitrogens with one attached hydrogen (secondary N) is 2. The maximum absolute atomic E-state index is 12.7. The van der Waals surface area contributed by atoms with Crippen molar-refractivity contribution in [3.05, 3.63) is 52.1 Å². The zero-order chi connectivity index (χ0) is 21.3. The molecule has 3 aliphatic rings. The molecule has 0 aromatic heterocycles. The van der Waals surface area contributed by atoms with Gasteiger partial charge in [-0.3, -0.25) is 24.6 Å². The Hall–Kier alpha value is -2.50. The second-order valence-corrected chi connectivity index (χ2v) is 7.87. The van der Waals surface area contributed by atoms with Crippen molar-refractivity contribution in [1.29, 1.82) is 0 Å². The van der Waals surface area contributed by atoms with Crippen LogP contribution >= 0.6 is 24.0 Å². The molecule has 1 heterocycles. The molecule has 2 aliphatic carbocycles. The lowest BCUT2D eigenvalue weighted by Gasteiger charge is -2.18. The first-order chi connectivity index (χ1) is 14.5. The number of hydrogen-bond donors (Lipinski definition) is 2. The fourth-order valence-corrected chi connectivity index (χ4v) is 4.71. The van der Waals surface area contributed by atoms with E-state index in [2.05, 4.69) is 27.8 Å². The van der Waals surface area contributed by atoms with Gasteiger partial charge in [0.2, 0.25) is 11.8 Å². The van der Waals surface area contributed by atoms with Gasteiger partial charge in [-0.15, -0.1) is 24.0 Å². The number of aliphatic imine (C=N–C) groups is 1. The molecule has 2 amide bonds. The number of nitro benzene ring substituents is 1. The van der Waals surface area contributed by atoms with Crippen molar-refractivity contribution in [2.75, 3.05) is 19.6 Å². The zero-order valence-corrected chi connectivity index (χ0v) is 19.5. The molecule has 9 nitrogen and oxygen atoms in total. The molecule has 2 N–H and O–H groups in total. The minimum atomic E-state index is -0.435. The van der Waals surface area contributed by atoms with Gasteiger partial charge in [-0.05, 0) is 30.7 Å². The number of likely N-dealkylation sites (tertiary alicyclic amines) is 1. The molecule has 1 aromatic carbocycles. The smallest absolute Gasteiger partial charge is 0.269 e. The minimum absolute atomic E-state index is 0. The van der Waals surface area contributed by atoms with E-state index in [0.717, 1.165) is 12.0 Å². The summed E-state index contributed by atoms with van der Waals surface area (Å²) in [6, 6.07) is 6.25. The highest BCUT2D eigenvalue weighted by Gasteiger charge is 2.58. The van der Waals surface area contributed by atoms with E-state index in [9.17, 15) is 19.7 Å². The Morgan fingerprint density at radius 2 is 1.74 bits per heavy atom. The molecule has 2 fully saturated rings. The summed E-state index contributed by atoms with van der Waals surface area (Å²) in [5.74, 6) is 0.572. The van der Waals surface area contributed by atoms with Gasteiger partial charge in [-0.2, -0.15) is 0 Å². The number of imide groups is 1. The Morgan fingerprint density at radius 3 is 2.29 bits per heavy atom. The first kappa shape index (κ1) is 23.2. The largest absolute Gasteiger partial charge is 0.357 e. The summed E-state index contributed by atoms with van der Waals surface area (Å²) in [7, 11) is 0. The van der Waals surface area contributed by atoms with Crippen LogP contribution in [0.4, 0.5) is 5.69 Å². The molecule has 1 aliphatic heterocycles. The molecular formula is C21H26IN5O4. The topological polar surface area (TPSA) is 117 Å². The van der Waals surface area contributed by atoms with Gasteiger partial charge in [0, 0.05) is 31.8 Å². The van der Waals surface area contributed by atoms with Crippen LogP contribution in [-0.2, 0) is 16.1 Å². The molecule has 0 spiro atoms. The van der Waals surface area contributed by atoms with Gasteiger partial charge in [0.05, 0.1) is 23.3 Å². The average Bonchev–Trinajstić information content (AvgIpc) is 3.42. The summed E-state index contributed by atoms with van der Waals surface area (Å²) in [5, 5.41) is 17.0. The number of benzene rings is 1. The van der Waals surface area contributed by atoms with E-state index in [1.807, 2.05) is 6.92 Å². The molecule has 0 radical (unpaired) electrons. The van der Waals surface area contributed by atoms with E-state index in [0.29, 0.717) is 32.1 Å². The van der Waals surface area contributed by atoms with Gasteiger partial charge in [-0.25, -0.2) is 4.99 Å². The summed E-state index contributed by atoms with van der Waals surface area (Å²) in [4.78, 5) is 41.6. The monoisotopic (exact) mass is 539 g/mol. The van der Waals surface area contributed by atoms with Gasteiger partial charge in [0.15, 0.2) is 5.96 Å². The van der Waals surface area contributed by atoms with E-state index in [-0.39, 0.29) is 65.2 Å². The van der Waals surface area contributed by atoms with Gasteiger partial charge in [0.25, 0.3) is 5.69 Å². The van der Waals surface area contributed by atoms with Crippen LogP contribution in [0.2, 0.25) is 0 Å². The maximum atomic E-state index is 12.7. The summed E-state index contributed by atoms with van der Waals surface area (Å²) in [5.41, 5.74) is 0.889. The Labute approximate surface area is 197 Å².